The van der Waals surface area contributed by atoms with Gasteiger partial charge in [-0.3, -0.25) is 0 Å². The van der Waals surface area contributed by atoms with Gasteiger partial charge in [-0.1, -0.05) is 66.8 Å². The van der Waals surface area contributed by atoms with Crippen molar-refractivity contribution < 1.29 is 0 Å². The molecule has 0 fully saturated rings. The molecule has 0 amide bonds. The van der Waals surface area contributed by atoms with Crippen LogP contribution in [0.3, 0.4) is 0 Å². The predicted octanol–water partition coefficient (Wildman–Crippen LogP) is 6.51. The van der Waals surface area contributed by atoms with Crippen LogP contribution in [0.25, 0.3) is 16.7 Å². The lowest BCUT2D eigenvalue weighted by atomic mass is 9.92. The molecule has 0 unspecified atom stereocenters. The van der Waals surface area contributed by atoms with Crippen LogP contribution in [0.15, 0.2) is 72.8 Å². The summed E-state index contributed by atoms with van der Waals surface area (Å²) in [7, 11) is 0. The van der Waals surface area contributed by atoms with Gasteiger partial charge in [-0.05, 0) is 67.2 Å². The first-order valence-corrected chi connectivity index (χ1v) is 7.71. The van der Waals surface area contributed by atoms with E-state index in [1.165, 1.54) is 39.0 Å². The van der Waals surface area contributed by atoms with E-state index < -0.39 is 0 Å². The molecule has 0 N–H and O–H groups in total. The van der Waals surface area contributed by atoms with Crippen LogP contribution in [-0.2, 0) is 0 Å². The highest BCUT2D eigenvalue weighted by Gasteiger charge is 2.07. The van der Waals surface area contributed by atoms with Crippen molar-refractivity contribution in [2.45, 2.75) is 27.7 Å². The van der Waals surface area contributed by atoms with Crippen molar-refractivity contribution in [3.8, 4) is 11.1 Å². The molecule has 0 aromatic heterocycles. The highest BCUT2D eigenvalue weighted by atomic mass is 14.1. The Morgan fingerprint density at radius 2 is 1.59 bits per heavy atom. The van der Waals surface area contributed by atoms with Crippen LogP contribution in [0, 0.1) is 13.8 Å². The second kappa shape index (κ2) is 7.09. The first kappa shape index (κ1) is 16.0. The zero-order valence-electron chi connectivity index (χ0n) is 14.0. The van der Waals surface area contributed by atoms with Gasteiger partial charge in [-0.25, -0.2) is 0 Å². The number of rotatable bonds is 4. The standard InChI is InChI=1S/C22H24/c1-6-8-21(17(4)7-2)22-15-20(14-11-18(22)5)19-12-9-16(3)10-13-19/h6-15H,2H2,1,3-5H3/b8-6-,21-17+. The molecular formula is C22H24. The quantitative estimate of drug-likeness (QED) is 0.563. The summed E-state index contributed by atoms with van der Waals surface area (Å²) in [5, 5.41) is 0. The minimum atomic E-state index is 1.20. The molecule has 0 saturated carbocycles. The van der Waals surface area contributed by atoms with E-state index in [0.717, 1.165) is 0 Å². The van der Waals surface area contributed by atoms with Crippen molar-refractivity contribution in [2.75, 3.05) is 0 Å². The van der Waals surface area contributed by atoms with Crippen LogP contribution in [-0.4, -0.2) is 0 Å². The molecule has 0 heterocycles. The lowest BCUT2D eigenvalue weighted by molar-refractivity contribution is 1.39. The van der Waals surface area contributed by atoms with E-state index in [1.54, 1.807) is 0 Å². The first-order valence-electron chi connectivity index (χ1n) is 7.71. The molecule has 2 aromatic rings. The Morgan fingerprint density at radius 3 is 2.18 bits per heavy atom. The number of aryl methyl sites for hydroxylation is 2. The highest BCUT2D eigenvalue weighted by Crippen LogP contribution is 2.29. The molecule has 0 aliphatic heterocycles. The lowest BCUT2D eigenvalue weighted by Gasteiger charge is -2.12. The largest absolute Gasteiger partial charge is 0.0988 e. The predicted molar refractivity (Wildman–Crippen MR) is 99.0 cm³/mol. The highest BCUT2D eigenvalue weighted by molar-refractivity contribution is 5.82. The fourth-order valence-electron chi connectivity index (χ4n) is 2.55. The van der Waals surface area contributed by atoms with Gasteiger partial charge >= 0.3 is 0 Å². The minimum Gasteiger partial charge on any atom is -0.0988 e. The average Bonchev–Trinajstić information content (AvgIpc) is 2.53. The van der Waals surface area contributed by atoms with Gasteiger partial charge in [0.1, 0.15) is 0 Å². The molecular weight excluding hydrogens is 264 g/mol. The van der Waals surface area contributed by atoms with Crippen molar-refractivity contribution >= 4 is 5.57 Å². The number of hydrogen-bond acceptors (Lipinski definition) is 0. The van der Waals surface area contributed by atoms with Crippen molar-refractivity contribution in [3.05, 3.63) is 89.5 Å². The molecule has 0 radical (unpaired) electrons. The molecule has 112 valence electrons. The van der Waals surface area contributed by atoms with Crippen LogP contribution in [0.2, 0.25) is 0 Å². The summed E-state index contributed by atoms with van der Waals surface area (Å²) in [6.45, 7) is 12.4. The third-order valence-electron chi connectivity index (χ3n) is 3.98. The van der Waals surface area contributed by atoms with Crippen molar-refractivity contribution in [1.82, 2.24) is 0 Å². The second-order valence-electron chi connectivity index (χ2n) is 5.70. The first-order chi connectivity index (χ1) is 10.6. The molecule has 2 rings (SSSR count). The summed E-state index contributed by atoms with van der Waals surface area (Å²) in [6.07, 6.45) is 6.17. The number of allylic oxidation sites excluding steroid dienone is 5. The third-order valence-corrected chi connectivity index (χ3v) is 3.98. The van der Waals surface area contributed by atoms with E-state index in [1.807, 2.05) is 6.08 Å². The minimum absolute atomic E-state index is 1.20. The number of hydrogen-bond donors (Lipinski definition) is 0. The van der Waals surface area contributed by atoms with Gasteiger partial charge in [0.25, 0.3) is 0 Å². The number of benzene rings is 2. The normalized spacial score (nSPS) is 12.4. The summed E-state index contributed by atoms with van der Waals surface area (Å²) in [5.41, 5.74) is 8.78. The molecule has 0 aliphatic rings. The zero-order chi connectivity index (χ0) is 16.1. The van der Waals surface area contributed by atoms with Crippen molar-refractivity contribution in [3.63, 3.8) is 0 Å². The molecule has 0 spiro atoms. The van der Waals surface area contributed by atoms with E-state index in [0.29, 0.717) is 0 Å². The van der Waals surface area contributed by atoms with Crippen LogP contribution >= 0.6 is 0 Å². The second-order valence-corrected chi connectivity index (χ2v) is 5.70. The van der Waals surface area contributed by atoms with Crippen LogP contribution < -0.4 is 0 Å². The van der Waals surface area contributed by atoms with Gasteiger partial charge in [0, 0.05) is 0 Å². The van der Waals surface area contributed by atoms with Gasteiger partial charge in [-0.15, -0.1) is 0 Å². The summed E-state index contributed by atoms with van der Waals surface area (Å²) in [5.74, 6) is 0. The van der Waals surface area contributed by atoms with Gasteiger partial charge in [0.2, 0.25) is 0 Å². The Bertz CT molecular complexity index is 725. The molecule has 0 saturated heterocycles. The molecule has 0 atom stereocenters. The van der Waals surface area contributed by atoms with Gasteiger partial charge < -0.3 is 0 Å². The van der Waals surface area contributed by atoms with E-state index in [-0.39, 0.29) is 0 Å². The Labute approximate surface area is 134 Å². The maximum absolute atomic E-state index is 3.92. The van der Waals surface area contributed by atoms with Crippen LogP contribution in [0.1, 0.15) is 30.5 Å². The fraction of sp³-hybridized carbons (Fsp3) is 0.182. The maximum atomic E-state index is 3.92. The molecule has 2 aromatic carbocycles. The van der Waals surface area contributed by atoms with Gasteiger partial charge in [0.05, 0.1) is 0 Å². The Kier molecular flexibility index (Phi) is 5.16. The Hall–Kier alpha value is -2.34. The maximum Gasteiger partial charge on any atom is -0.0146 e. The molecule has 0 nitrogen and oxygen atoms in total. The summed E-state index contributed by atoms with van der Waals surface area (Å²) < 4.78 is 0. The van der Waals surface area contributed by atoms with E-state index in [9.17, 15) is 0 Å². The molecule has 0 aliphatic carbocycles. The van der Waals surface area contributed by atoms with E-state index in [2.05, 4.69) is 88.9 Å². The monoisotopic (exact) mass is 288 g/mol. The fourth-order valence-corrected chi connectivity index (χ4v) is 2.55. The zero-order valence-corrected chi connectivity index (χ0v) is 14.0. The molecule has 0 heteroatoms. The van der Waals surface area contributed by atoms with Gasteiger partial charge in [0.15, 0.2) is 0 Å². The lowest BCUT2D eigenvalue weighted by Crippen LogP contribution is -1.91. The van der Waals surface area contributed by atoms with E-state index >= 15 is 0 Å². The van der Waals surface area contributed by atoms with Crippen molar-refractivity contribution in [1.29, 1.82) is 0 Å². The van der Waals surface area contributed by atoms with Gasteiger partial charge in [-0.2, -0.15) is 0 Å². The molecule has 22 heavy (non-hydrogen) atoms. The summed E-state index contributed by atoms with van der Waals surface area (Å²) >= 11 is 0. The summed E-state index contributed by atoms with van der Waals surface area (Å²) in [4.78, 5) is 0. The Morgan fingerprint density at radius 1 is 0.955 bits per heavy atom. The third kappa shape index (κ3) is 3.46. The topological polar surface area (TPSA) is 0 Å². The average molecular weight is 288 g/mol. The smallest absolute Gasteiger partial charge is 0.0146 e. The Balaban J connectivity index is 2.60. The van der Waals surface area contributed by atoms with Crippen LogP contribution in [0.4, 0.5) is 0 Å². The van der Waals surface area contributed by atoms with Crippen LogP contribution in [0.5, 0.6) is 0 Å². The molecule has 0 bridgehead atoms. The summed E-state index contributed by atoms with van der Waals surface area (Å²) in [6, 6.07) is 15.4. The van der Waals surface area contributed by atoms with E-state index in [4.69, 9.17) is 0 Å². The van der Waals surface area contributed by atoms with Crippen molar-refractivity contribution in [2.24, 2.45) is 0 Å². The SMILES string of the molecule is C=C/C(C)=C(\C=C/C)c1cc(-c2ccc(C)cc2)ccc1C.